The van der Waals surface area contributed by atoms with E-state index in [0.717, 1.165) is 31.7 Å². The second-order valence-corrected chi connectivity index (χ2v) is 3.62. The number of piperidine rings is 1. The minimum Gasteiger partial charge on any atom is -0.497 e. The third kappa shape index (κ3) is 2.83. The summed E-state index contributed by atoms with van der Waals surface area (Å²) in [6, 6.07) is 3.63. The SMILES string of the molecule is COc1ccnc(O[C@@H]2CCCNC2)c1. The predicted molar refractivity (Wildman–Crippen MR) is 57.3 cm³/mol. The van der Waals surface area contributed by atoms with Crippen molar-refractivity contribution in [2.24, 2.45) is 0 Å². The first-order valence-electron chi connectivity index (χ1n) is 5.26. The molecular formula is C11H16N2O2. The molecule has 4 nitrogen and oxygen atoms in total. The topological polar surface area (TPSA) is 43.4 Å². The Morgan fingerprint density at radius 3 is 3.20 bits per heavy atom. The number of ether oxygens (including phenoxy) is 2. The zero-order valence-corrected chi connectivity index (χ0v) is 8.90. The number of pyridine rings is 1. The molecule has 1 N–H and O–H groups in total. The molecule has 0 bridgehead atoms. The van der Waals surface area contributed by atoms with Gasteiger partial charge in [-0.25, -0.2) is 4.98 Å². The van der Waals surface area contributed by atoms with Crippen LogP contribution in [0.4, 0.5) is 0 Å². The van der Waals surface area contributed by atoms with Crippen LogP contribution in [0.3, 0.4) is 0 Å². The Morgan fingerprint density at radius 1 is 1.53 bits per heavy atom. The van der Waals surface area contributed by atoms with Gasteiger partial charge in [0.05, 0.1) is 7.11 Å². The Labute approximate surface area is 89.6 Å². The van der Waals surface area contributed by atoms with Gasteiger partial charge in [-0.3, -0.25) is 0 Å². The third-order valence-corrected chi connectivity index (χ3v) is 2.48. The summed E-state index contributed by atoms with van der Waals surface area (Å²) in [7, 11) is 1.64. The maximum atomic E-state index is 5.74. The lowest BCUT2D eigenvalue weighted by Crippen LogP contribution is -2.37. The molecule has 0 unspecified atom stereocenters. The van der Waals surface area contributed by atoms with E-state index in [2.05, 4.69) is 10.3 Å². The third-order valence-electron chi connectivity index (χ3n) is 2.48. The van der Waals surface area contributed by atoms with Gasteiger partial charge >= 0.3 is 0 Å². The van der Waals surface area contributed by atoms with Gasteiger partial charge in [-0.1, -0.05) is 0 Å². The molecule has 2 rings (SSSR count). The van der Waals surface area contributed by atoms with Crippen molar-refractivity contribution in [1.29, 1.82) is 0 Å². The van der Waals surface area contributed by atoms with Crippen LogP contribution < -0.4 is 14.8 Å². The summed E-state index contributed by atoms with van der Waals surface area (Å²) in [5.41, 5.74) is 0. The van der Waals surface area contributed by atoms with Gasteiger partial charge in [0.2, 0.25) is 5.88 Å². The number of aromatic nitrogens is 1. The van der Waals surface area contributed by atoms with Crippen molar-refractivity contribution in [3.8, 4) is 11.6 Å². The lowest BCUT2D eigenvalue weighted by atomic mass is 10.1. The van der Waals surface area contributed by atoms with Crippen LogP contribution in [0.25, 0.3) is 0 Å². The van der Waals surface area contributed by atoms with Gasteiger partial charge in [0, 0.05) is 18.8 Å². The molecule has 2 heterocycles. The molecule has 82 valence electrons. The van der Waals surface area contributed by atoms with E-state index in [4.69, 9.17) is 9.47 Å². The van der Waals surface area contributed by atoms with Crippen molar-refractivity contribution in [3.63, 3.8) is 0 Å². The average molecular weight is 208 g/mol. The maximum Gasteiger partial charge on any atom is 0.217 e. The quantitative estimate of drug-likeness (QED) is 0.811. The minimum atomic E-state index is 0.235. The number of nitrogens with one attached hydrogen (secondary N) is 1. The van der Waals surface area contributed by atoms with E-state index in [1.165, 1.54) is 0 Å². The Kier molecular flexibility index (Phi) is 3.40. The second-order valence-electron chi connectivity index (χ2n) is 3.62. The van der Waals surface area contributed by atoms with Crippen molar-refractivity contribution in [3.05, 3.63) is 18.3 Å². The van der Waals surface area contributed by atoms with Crippen LogP contribution in [0.5, 0.6) is 11.6 Å². The van der Waals surface area contributed by atoms with E-state index in [1.54, 1.807) is 13.3 Å². The first-order valence-corrected chi connectivity index (χ1v) is 5.26. The van der Waals surface area contributed by atoms with E-state index < -0.39 is 0 Å². The minimum absolute atomic E-state index is 0.235. The standard InChI is InChI=1S/C11H16N2O2/c1-14-9-4-6-13-11(7-9)15-10-3-2-5-12-8-10/h4,6-7,10,12H,2-3,5,8H2,1H3/t10-/m1/s1. The predicted octanol–water partition coefficient (Wildman–Crippen LogP) is 1.22. The fourth-order valence-electron chi connectivity index (χ4n) is 1.67. The molecular weight excluding hydrogens is 192 g/mol. The summed E-state index contributed by atoms with van der Waals surface area (Å²) in [5.74, 6) is 1.42. The number of hydrogen-bond donors (Lipinski definition) is 1. The zero-order chi connectivity index (χ0) is 10.5. The molecule has 0 aliphatic carbocycles. The zero-order valence-electron chi connectivity index (χ0n) is 8.90. The molecule has 1 fully saturated rings. The average Bonchev–Trinajstić information content (AvgIpc) is 2.31. The first kappa shape index (κ1) is 10.2. The van der Waals surface area contributed by atoms with Gasteiger partial charge < -0.3 is 14.8 Å². The fourth-order valence-corrected chi connectivity index (χ4v) is 1.67. The Hall–Kier alpha value is -1.29. The van der Waals surface area contributed by atoms with E-state index in [9.17, 15) is 0 Å². The number of nitrogens with zero attached hydrogens (tertiary/aromatic N) is 1. The fraction of sp³-hybridized carbons (Fsp3) is 0.545. The summed E-state index contributed by atoms with van der Waals surface area (Å²) in [4.78, 5) is 4.15. The van der Waals surface area contributed by atoms with Gasteiger partial charge in [-0.2, -0.15) is 0 Å². The molecule has 0 radical (unpaired) electrons. The van der Waals surface area contributed by atoms with Gasteiger partial charge in [-0.15, -0.1) is 0 Å². The molecule has 0 aromatic carbocycles. The van der Waals surface area contributed by atoms with Crippen LogP contribution in [0.1, 0.15) is 12.8 Å². The van der Waals surface area contributed by atoms with Gasteiger partial charge in [0.1, 0.15) is 11.9 Å². The molecule has 15 heavy (non-hydrogen) atoms. The van der Waals surface area contributed by atoms with Crippen LogP contribution in [0.15, 0.2) is 18.3 Å². The molecule has 0 spiro atoms. The smallest absolute Gasteiger partial charge is 0.217 e. The molecule has 0 amide bonds. The lowest BCUT2D eigenvalue weighted by Gasteiger charge is -2.23. The highest BCUT2D eigenvalue weighted by atomic mass is 16.5. The van der Waals surface area contributed by atoms with Crippen molar-refractivity contribution >= 4 is 0 Å². The monoisotopic (exact) mass is 208 g/mol. The summed E-state index contributed by atoms with van der Waals surface area (Å²) in [6.45, 7) is 1.99. The number of rotatable bonds is 3. The van der Waals surface area contributed by atoms with Gasteiger partial charge in [0.25, 0.3) is 0 Å². The maximum absolute atomic E-state index is 5.74. The van der Waals surface area contributed by atoms with E-state index in [0.29, 0.717) is 5.88 Å². The molecule has 1 saturated heterocycles. The lowest BCUT2D eigenvalue weighted by molar-refractivity contribution is 0.160. The van der Waals surface area contributed by atoms with Crippen molar-refractivity contribution in [2.45, 2.75) is 18.9 Å². The molecule has 1 aromatic heterocycles. The van der Waals surface area contributed by atoms with Crippen LogP contribution in [-0.2, 0) is 0 Å². The Morgan fingerprint density at radius 2 is 2.47 bits per heavy atom. The van der Waals surface area contributed by atoms with Crippen LogP contribution >= 0.6 is 0 Å². The van der Waals surface area contributed by atoms with Crippen LogP contribution in [-0.4, -0.2) is 31.3 Å². The van der Waals surface area contributed by atoms with E-state index in [1.807, 2.05) is 12.1 Å². The normalized spacial score (nSPS) is 21.0. The van der Waals surface area contributed by atoms with E-state index in [-0.39, 0.29) is 6.10 Å². The largest absolute Gasteiger partial charge is 0.497 e. The van der Waals surface area contributed by atoms with Crippen LogP contribution in [0, 0.1) is 0 Å². The van der Waals surface area contributed by atoms with E-state index >= 15 is 0 Å². The molecule has 1 atom stereocenters. The van der Waals surface area contributed by atoms with Crippen molar-refractivity contribution < 1.29 is 9.47 Å². The summed E-state index contributed by atoms with van der Waals surface area (Å²) in [6.07, 6.45) is 4.18. The Balaban J connectivity index is 1.96. The highest BCUT2D eigenvalue weighted by Crippen LogP contribution is 2.18. The van der Waals surface area contributed by atoms with Gasteiger partial charge in [-0.05, 0) is 25.5 Å². The number of methoxy groups -OCH3 is 1. The summed E-state index contributed by atoms with van der Waals surface area (Å²) < 4.78 is 10.9. The molecule has 0 saturated carbocycles. The second kappa shape index (κ2) is 4.98. The highest BCUT2D eigenvalue weighted by Gasteiger charge is 2.14. The highest BCUT2D eigenvalue weighted by molar-refractivity contribution is 5.26. The molecule has 1 aromatic rings. The first-order chi connectivity index (χ1) is 7.38. The summed E-state index contributed by atoms with van der Waals surface area (Å²) in [5, 5.41) is 3.30. The Bertz CT molecular complexity index is 311. The molecule has 4 heteroatoms. The van der Waals surface area contributed by atoms with Gasteiger partial charge in [0.15, 0.2) is 0 Å². The molecule has 1 aliphatic heterocycles. The summed E-state index contributed by atoms with van der Waals surface area (Å²) >= 11 is 0. The van der Waals surface area contributed by atoms with Crippen LogP contribution in [0.2, 0.25) is 0 Å². The van der Waals surface area contributed by atoms with Crippen molar-refractivity contribution in [2.75, 3.05) is 20.2 Å². The molecule has 1 aliphatic rings. The number of hydrogen-bond acceptors (Lipinski definition) is 4. The van der Waals surface area contributed by atoms with Crippen molar-refractivity contribution in [1.82, 2.24) is 10.3 Å².